The van der Waals surface area contributed by atoms with Crippen molar-refractivity contribution < 1.29 is 4.74 Å². The molecule has 1 N–H and O–H groups in total. The van der Waals surface area contributed by atoms with Crippen LogP contribution in [0, 0.1) is 47.3 Å². The highest BCUT2D eigenvalue weighted by atomic mass is 16.5. The summed E-state index contributed by atoms with van der Waals surface area (Å²) in [6, 6.07) is 0. The van der Waals surface area contributed by atoms with Crippen molar-refractivity contribution in [2.24, 2.45) is 47.3 Å². The fourth-order valence-corrected chi connectivity index (χ4v) is 7.41. The van der Waals surface area contributed by atoms with Gasteiger partial charge in [0.2, 0.25) is 0 Å². The zero-order valence-electron chi connectivity index (χ0n) is 8.31. The van der Waals surface area contributed by atoms with Gasteiger partial charge in [0.15, 0.2) is 0 Å². The number of nitrogens with one attached hydrogen (secondary N) is 1. The van der Waals surface area contributed by atoms with Crippen LogP contribution in [0.2, 0.25) is 0 Å². The van der Waals surface area contributed by atoms with Crippen LogP contribution in [0.4, 0.5) is 0 Å². The van der Waals surface area contributed by atoms with E-state index in [1.165, 1.54) is 0 Å². The van der Waals surface area contributed by atoms with Gasteiger partial charge in [-0.25, -0.2) is 0 Å². The van der Waals surface area contributed by atoms with E-state index in [4.69, 9.17) is 4.74 Å². The molecule has 0 spiro atoms. The summed E-state index contributed by atoms with van der Waals surface area (Å²) in [5.41, 5.74) is 0.178. The topological polar surface area (TPSA) is 21.3 Å². The average molecular weight is 189 g/mol. The van der Waals surface area contributed by atoms with E-state index in [9.17, 15) is 0 Å². The maximum atomic E-state index is 6.39. The lowest BCUT2D eigenvalue weighted by atomic mass is 9.59. The normalized spacial score (nSPS) is 87.6. The van der Waals surface area contributed by atoms with E-state index in [0.717, 1.165) is 47.3 Å². The minimum atomic E-state index is 0.178. The van der Waals surface area contributed by atoms with Crippen molar-refractivity contribution in [1.82, 2.24) is 5.32 Å². The molecule has 2 heteroatoms. The molecule has 0 radical (unpaired) electrons. The van der Waals surface area contributed by atoms with Crippen molar-refractivity contribution >= 4 is 0 Å². The maximum absolute atomic E-state index is 6.39. The molecule has 2 nitrogen and oxygen atoms in total. The molecule has 7 aliphatic rings. The van der Waals surface area contributed by atoms with E-state index >= 15 is 0 Å². The van der Waals surface area contributed by atoms with Gasteiger partial charge in [0.1, 0.15) is 5.72 Å². The molecular formula is C12H15NO. The predicted octanol–water partition coefficient (Wildman–Crippen LogP) is 0.689. The summed E-state index contributed by atoms with van der Waals surface area (Å²) in [7, 11) is 2.13. The maximum Gasteiger partial charge on any atom is 0.126 e. The SMILES string of the molecule is CN[C@@]12O[C@H]3C4C1[C@@H]1[C@H]5C[C@@H]([C@H]41)[C@@H]3[C@H]52. The molecule has 0 aromatic rings. The van der Waals surface area contributed by atoms with Crippen LogP contribution < -0.4 is 5.32 Å². The molecule has 7 fully saturated rings. The monoisotopic (exact) mass is 189 g/mol. The Balaban J connectivity index is 1.76. The van der Waals surface area contributed by atoms with Crippen molar-refractivity contribution in [1.29, 1.82) is 0 Å². The fraction of sp³-hybridized carbons (Fsp3) is 1.00. The van der Waals surface area contributed by atoms with Crippen molar-refractivity contribution in [3.05, 3.63) is 0 Å². The molecule has 2 unspecified atom stereocenters. The van der Waals surface area contributed by atoms with Gasteiger partial charge in [-0.1, -0.05) is 0 Å². The number of hydrogen-bond donors (Lipinski definition) is 1. The number of ether oxygens (including phenoxy) is 1. The van der Waals surface area contributed by atoms with Gasteiger partial charge in [0.05, 0.1) is 6.10 Å². The molecule has 14 heavy (non-hydrogen) atoms. The van der Waals surface area contributed by atoms with Gasteiger partial charge in [-0.2, -0.15) is 0 Å². The van der Waals surface area contributed by atoms with Crippen LogP contribution in [0.25, 0.3) is 0 Å². The Morgan fingerprint density at radius 2 is 2.00 bits per heavy atom. The number of hydrogen-bond acceptors (Lipinski definition) is 2. The van der Waals surface area contributed by atoms with Gasteiger partial charge in [-0.3, -0.25) is 5.32 Å². The summed E-state index contributed by atoms with van der Waals surface area (Å²) >= 11 is 0. The predicted molar refractivity (Wildman–Crippen MR) is 49.2 cm³/mol. The van der Waals surface area contributed by atoms with Gasteiger partial charge in [0.25, 0.3) is 0 Å². The van der Waals surface area contributed by atoms with Gasteiger partial charge in [0, 0.05) is 11.8 Å². The Kier molecular flexibility index (Phi) is 0.660. The molecule has 0 aromatic carbocycles. The van der Waals surface area contributed by atoms with E-state index in [1.807, 2.05) is 0 Å². The molecule has 74 valence electrons. The molecule has 5 saturated carbocycles. The first-order valence-corrected chi connectivity index (χ1v) is 6.25. The van der Waals surface area contributed by atoms with Crippen LogP contribution in [0.3, 0.4) is 0 Å². The molecular weight excluding hydrogens is 174 g/mol. The lowest BCUT2D eigenvalue weighted by molar-refractivity contribution is -0.0519. The lowest BCUT2D eigenvalue weighted by Gasteiger charge is -2.45. The van der Waals surface area contributed by atoms with Gasteiger partial charge in [-0.15, -0.1) is 0 Å². The zero-order valence-corrected chi connectivity index (χ0v) is 8.31. The summed E-state index contributed by atoms with van der Waals surface area (Å²) in [5.74, 6) is 8.20. The third kappa shape index (κ3) is 0.308. The second kappa shape index (κ2) is 1.42. The van der Waals surface area contributed by atoms with E-state index in [0.29, 0.717) is 6.10 Å². The Morgan fingerprint density at radius 1 is 1.07 bits per heavy atom. The van der Waals surface area contributed by atoms with Crippen LogP contribution in [0.15, 0.2) is 0 Å². The first kappa shape index (κ1) is 6.49. The highest BCUT2D eigenvalue weighted by Crippen LogP contribution is 2.89. The van der Waals surface area contributed by atoms with Crippen molar-refractivity contribution in [3.8, 4) is 0 Å². The van der Waals surface area contributed by atoms with E-state index in [-0.39, 0.29) is 5.72 Å². The Labute approximate surface area is 83.4 Å². The second-order valence-corrected chi connectivity index (χ2v) is 6.55. The molecule has 0 amide bonds. The first-order valence-electron chi connectivity index (χ1n) is 6.25. The zero-order chi connectivity index (χ0) is 8.82. The third-order valence-electron chi connectivity index (χ3n) is 7.09. The van der Waals surface area contributed by atoms with Crippen molar-refractivity contribution in [3.63, 3.8) is 0 Å². The lowest BCUT2D eigenvalue weighted by Crippen LogP contribution is -2.55. The van der Waals surface area contributed by atoms with Crippen LogP contribution in [0.5, 0.6) is 0 Å². The Bertz CT molecular complexity index is 373. The molecule has 7 rings (SSSR count). The molecule has 2 heterocycles. The van der Waals surface area contributed by atoms with Crippen LogP contribution >= 0.6 is 0 Å². The van der Waals surface area contributed by atoms with Gasteiger partial charge in [-0.05, 0) is 49.0 Å². The van der Waals surface area contributed by atoms with Crippen LogP contribution in [-0.2, 0) is 4.74 Å². The summed E-state index contributed by atoms with van der Waals surface area (Å²) in [6.45, 7) is 0. The summed E-state index contributed by atoms with van der Waals surface area (Å²) in [5, 5.41) is 3.58. The molecule has 10 atom stereocenters. The fourth-order valence-electron chi connectivity index (χ4n) is 7.41. The minimum absolute atomic E-state index is 0.178. The smallest absolute Gasteiger partial charge is 0.126 e. The highest BCUT2D eigenvalue weighted by molar-refractivity contribution is 5.38. The van der Waals surface area contributed by atoms with Gasteiger partial charge >= 0.3 is 0 Å². The first-order chi connectivity index (χ1) is 6.88. The average Bonchev–Trinajstić information content (AvgIpc) is 2.72. The molecule has 2 aliphatic heterocycles. The van der Waals surface area contributed by atoms with E-state index < -0.39 is 0 Å². The molecule has 4 bridgehead atoms. The third-order valence-corrected chi connectivity index (χ3v) is 7.09. The van der Waals surface area contributed by atoms with Gasteiger partial charge < -0.3 is 4.74 Å². The van der Waals surface area contributed by atoms with Crippen molar-refractivity contribution in [2.75, 3.05) is 7.05 Å². The summed E-state index contributed by atoms with van der Waals surface area (Å²) < 4.78 is 6.39. The summed E-state index contributed by atoms with van der Waals surface area (Å²) in [4.78, 5) is 0. The molecule has 5 aliphatic carbocycles. The highest BCUT2D eigenvalue weighted by Gasteiger charge is 2.92. The number of rotatable bonds is 1. The second-order valence-electron chi connectivity index (χ2n) is 6.55. The minimum Gasteiger partial charge on any atom is -0.356 e. The summed E-state index contributed by atoms with van der Waals surface area (Å²) in [6.07, 6.45) is 2.26. The molecule has 0 aromatic heterocycles. The standard InChI is InChI=1S/C12H15NO/c1-13-12-9-4-2-3-5-6(4)10(12)8(5)11(14-12)7(3)9/h3-11,13H,2H2,1H3/t3-,4+,5-,6+,7+,8?,9-,10?,11+,12-/m0/s1. The Hall–Kier alpha value is -0.0800. The quantitative estimate of drug-likeness (QED) is 0.655. The van der Waals surface area contributed by atoms with Crippen molar-refractivity contribution in [2.45, 2.75) is 18.2 Å². The van der Waals surface area contributed by atoms with E-state index in [1.54, 1.807) is 6.42 Å². The van der Waals surface area contributed by atoms with Crippen LogP contribution in [0.1, 0.15) is 6.42 Å². The largest absolute Gasteiger partial charge is 0.356 e. The Morgan fingerprint density at radius 3 is 2.86 bits per heavy atom. The molecule has 2 saturated heterocycles. The van der Waals surface area contributed by atoms with Crippen LogP contribution in [-0.4, -0.2) is 18.9 Å². The van der Waals surface area contributed by atoms with E-state index in [2.05, 4.69) is 12.4 Å².